The monoisotopic (exact) mass is 514 g/mol. The highest BCUT2D eigenvalue weighted by Gasteiger charge is 2.15. The molecule has 0 atom stereocenters. The van der Waals surface area contributed by atoms with E-state index >= 15 is 0 Å². The van der Waals surface area contributed by atoms with Gasteiger partial charge in [0.1, 0.15) is 5.82 Å². The van der Waals surface area contributed by atoms with Crippen LogP contribution in [0.3, 0.4) is 0 Å². The van der Waals surface area contributed by atoms with Crippen molar-refractivity contribution >= 4 is 35.8 Å². The van der Waals surface area contributed by atoms with E-state index in [1.165, 1.54) is 50.5 Å². The van der Waals surface area contributed by atoms with Gasteiger partial charge >= 0.3 is 0 Å². The second kappa shape index (κ2) is 13.3. The zero-order chi connectivity index (χ0) is 19.6. The molecule has 0 spiro atoms. The maximum Gasteiger partial charge on any atom is 0.191 e. The van der Waals surface area contributed by atoms with Crippen molar-refractivity contribution in [3.05, 3.63) is 23.9 Å². The van der Waals surface area contributed by atoms with Gasteiger partial charge in [-0.25, -0.2) is 4.98 Å². The van der Waals surface area contributed by atoms with Gasteiger partial charge in [0.05, 0.1) is 0 Å². The van der Waals surface area contributed by atoms with Crippen LogP contribution in [-0.2, 0) is 6.54 Å². The molecule has 2 heterocycles. The van der Waals surface area contributed by atoms with E-state index in [2.05, 4.69) is 49.6 Å². The summed E-state index contributed by atoms with van der Waals surface area (Å²) in [7, 11) is 4.01. The molecule has 1 aliphatic carbocycles. The number of nitrogens with zero attached hydrogens (tertiary/aromatic N) is 4. The molecule has 7 heteroatoms. The number of aromatic nitrogens is 1. The number of hydrogen-bond acceptors (Lipinski definition) is 4. The molecule has 1 aromatic heterocycles. The Bertz CT molecular complexity index is 592. The summed E-state index contributed by atoms with van der Waals surface area (Å²) in [5.74, 6) is 2.96. The van der Waals surface area contributed by atoms with Crippen LogP contribution >= 0.6 is 24.0 Å². The van der Waals surface area contributed by atoms with E-state index in [1.54, 1.807) is 0 Å². The van der Waals surface area contributed by atoms with Crippen molar-refractivity contribution in [2.45, 2.75) is 51.5 Å². The summed E-state index contributed by atoms with van der Waals surface area (Å²) in [5, 5.41) is 6.84. The summed E-state index contributed by atoms with van der Waals surface area (Å²) >= 11 is 0. The SMILES string of the molecule is CN=C(NCCCCC1CCCC1)NCc1ccc(N2CCN(C)CC2)nc1.I. The van der Waals surface area contributed by atoms with E-state index < -0.39 is 0 Å². The number of anilines is 1. The first-order valence-corrected chi connectivity index (χ1v) is 11.1. The number of rotatable bonds is 8. The van der Waals surface area contributed by atoms with Crippen molar-refractivity contribution in [3.63, 3.8) is 0 Å². The van der Waals surface area contributed by atoms with E-state index in [1.807, 2.05) is 13.2 Å². The highest BCUT2D eigenvalue weighted by Crippen LogP contribution is 2.28. The average Bonchev–Trinajstić information content (AvgIpc) is 3.25. The van der Waals surface area contributed by atoms with Crippen molar-refractivity contribution in [1.82, 2.24) is 20.5 Å². The van der Waals surface area contributed by atoms with Crippen LogP contribution in [0, 0.1) is 5.92 Å². The third kappa shape index (κ3) is 8.28. The van der Waals surface area contributed by atoms with E-state index in [-0.39, 0.29) is 24.0 Å². The molecule has 0 bridgehead atoms. The molecule has 1 saturated heterocycles. The molecular weight excluding hydrogens is 475 g/mol. The maximum atomic E-state index is 4.66. The number of piperazine rings is 1. The topological polar surface area (TPSA) is 55.8 Å². The predicted octanol–water partition coefficient (Wildman–Crippen LogP) is 3.48. The van der Waals surface area contributed by atoms with Crippen LogP contribution < -0.4 is 15.5 Å². The minimum absolute atomic E-state index is 0. The quantitative estimate of drug-likeness (QED) is 0.241. The van der Waals surface area contributed by atoms with Gasteiger partial charge in [-0.05, 0) is 31.0 Å². The molecule has 2 fully saturated rings. The number of aliphatic imine (C=N–C) groups is 1. The summed E-state index contributed by atoms with van der Waals surface area (Å²) < 4.78 is 0. The average molecular weight is 515 g/mol. The molecule has 0 aromatic carbocycles. The summed E-state index contributed by atoms with van der Waals surface area (Å²) in [6, 6.07) is 4.31. The van der Waals surface area contributed by atoms with Crippen molar-refractivity contribution in [2.24, 2.45) is 10.9 Å². The van der Waals surface area contributed by atoms with E-state index in [9.17, 15) is 0 Å². The molecule has 0 unspecified atom stereocenters. The Hall–Kier alpha value is -1.09. The Morgan fingerprint density at radius 2 is 1.86 bits per heavy atom. The first-order valence-electron chi connectivity index (χ1n) is 11.1. The second-order valence-corrected chi connectivity index (χ2v) is 8.31. The summed E-state index contributed by atoms with van der Waals surface area (Å²) in [6.45, 7) is 6.06. The van der Waals surface area contributed by atoms with Crippen LogP contribution in [0.1, 0.15) is 50.5 Å². The minimum atomic E-state index is 0. The number of hydrogen-bond donors (Lipinski definition) is 2. The Morgan fingerprint density at radius 3 is 2.52 bits per heavy atom. The van der Waals surface area contributed by atoms with Gasteiger partial charge in [0.2, 0.25) is 0 Å². The second-order valence-electron chi connectivity index (χ2n) is 8.31. The number of pyridine rings is 1. The Kier molecular flexibility index (Phi) is 11.1. The molecule has 0 amide bonds. The molecule has 164 valence electrons. The van der Waals surface area contributed by atoms with Crippen LogP contribution in [0.25, 0.3) is 0 Å². The smallest absolute Gasteiger partial charge is 0.191 e. The molecule has 2 aliphatic rings. The largest absolute Gasteiger partial charge is 0.356 e. The number of guanidine groups is 1. The lowest BCUT2D eigenvalue weighted by molar-refractivity contribution is 0.312. The van der Waals surface area contributed by atoms with Gasteiger partial charge in [-0.1, -0.05) is 44.6 Å². The predicted molar refractivity (Wildman–Crippen MR) is 133 cm³/mol. The van der Waals surface area contributed by atoms with E-state index in [0.29, 0.717) is 0 Å². The van der Waals surface area contributed by atoms with Gasteiger partial charge < -0.3 is 20.4 Å². The lowest BCUT2D eigenvalue weighted by Gasteiger charge is -2.33. The van der Waals surface area contributed by atoms with Gasteiger partial charge in [0, 0.05) is 52.5 Å². The Morgan fingerprint density at radius 1 is 1.10 bits per heavy atom. The summed E-state index contributed by atoms with van der Waals surface area (Å²) in [6.07, 6.45) is 11.7. The molecule has 2 N–H and O–H groups in total. The zero-order valence-electron chi connectivity index (χ0n) is 18.2. The zero-order valence-corrected chi connectivity index (χ0v) is 20.5. The highest BCUT2D eigenvalue weighted by molar-refractivity contribution is 14.0. The van der Waals surface area contributed by atoms with Crippen molar-refractivity contribution < 1.29 is 0 Å². The minimum Gasteiger partial charge on any atom is -0.356 e. The molecule has 6 nitrogen and oxygen atoms in total. The fourth-order valence-corrected chi connectivity index (χ4v) is 4.21. The molecule has 29 heavy (non-hydrogen) atoms. The molecule has 3 rings (SSSR count). The highest BCUT2D eigenvalue weighted by atomic mass is 127. The number of nitrogens with one attached hydrogen (secondary N) is 2. The van der Waals surface area contributed by atoms with Crippen molar-refractivity contribution in [1.29, 1.82) is 0 Å². The van der Waals surface area contributed by atoms with Crippen LogP contribution in [0.4, 0.5) is 5.82 Å². The molecular formula is C22H39IN6. The molecule has 1 aromatic rings. The normalized spacial score (nSPS) is 18.6. The van der Waals surface area contributed by atoms with Gasteiger partial charge in [0.15, 0.2) is 5.96 Å². The van der Waals surface area contributed by atoms with Gasteiger partial charge in [0.25, 0.3) is 0 Å². The first kappa shape index (κ1) is 24.2. The molecule has 1 aliphatic heterocycles. The van der Waals surface area contributed by atoms with Crippen molar-refractivity contribution in [2.75, 3.05) is 51.7 Å². The fourth-order valence-electron chi connectivity index (χ4n) is 4.21. The Labute approximate surface area is 194 Å². The third-order valence-corrected chi connectivity index (χ3v) is 6.13. The van der Waals surface area contributed by atoms with Crippen LogP contribution in [0.5, 0.6) is 0 Å². The molecule has 1 saturated carbocycles. The maximum absolute atomic E-state index is 4.66. The van der Waals surface area contributed by atoms with Crippen LogP contribution in [0.2, 0.25) is 0 Å². The van der Waals surface area contributed by atoms with Gasteiger partial charge in [-0.3, -0.25) is 4.99 Å². The number of likely N-dealkylation sites (N-methyl/N-ethyl adjacent to an activating group) is 1. The van der Waals surface area contributed by atoms with E-state index in [4.69, 9.17) is 0 Å². The van der Waals surface area contributed by atoms with Crippen LogP contribution in [-0.4, -0.2) is 62.7 Å². The first-order chi connectivity index (χ1) is 13.7. The van der Waals surface area contributed by atoms with Crippen LogP contribution in [0.15, 0.2) is 23.3 Å². The standard InChI is InChI=1S/C22H38N6.HI/c1-23-22(24-12-6-5-9-19-7-3-4-8-19)26-18-20-10-11-21(25-17-20)28-15-13-27(2)14-16-28;/h10-11,17,19H,3-9,12-16,18H2,1-2H3,(H2,23,24,26);1H. The Balaban J connectivity index is 0.00000300. The van der Waals surface area contributed by atoms with Crippen molar-refractivity contribution in [3.8, 4) is 0 Å². The summed E-state index contributed by atoms with van der Waals surface area (Å²) in [4.78, 5) is 13.7. The number of unbranched alkanes of at least 4 members (excludes halogenated alkanes) is 1. The fraction of sp³-hybridized carbons (Fsp3) is 0.727. The number of halogens is 1. The lowest BCUT2D eigenvalue weighted by Crippen LogP contribution is -2.44. The molecule has 0 radical (unpaired) electrons. The van der Waals surface area contributed by atoms with Gasteiger partial charge in [-0.2, -0.15) is 0 Å². The third-order valence-electron chi connectivity index (χ3n) is 6.13. The lowest BCUT2D eigenvalue weighted by atomic mass is 10.0. The summed E-state index contributed by atoms with van der Waals surface area (Å²) in [5.41, 5.74) is 1.18. The van der Waals surface area contributed by atoms with E-state index in [0.717, 1.165) is 57.0 Å². The van der Waals surface area contributed by atoms with Gasteiger partial charge in [-0.15, -0.1) is 24.0 Å².